The average Bonchev–Trinajstić information content (AvgIpc) is 2.24. The van der Waals surface area contributed by atoms with Gasteiger partial charge in [-0.05, 0) is 53.4 Å². The fraction of sp³-hybridized carbons (Fsp3) is 0.933. The molecule has 0 aromatic carbocycles. The van der Waals surface area contributed by atoms with Gasteiger partial charge >= 0.3 is 6.09 Å². The Labute approximate surface area is 117 Å². The van der Waals surface area contributed by atoms with Gasteiger partial charge in [-0.2, -0.15) is 0 Å². The molecule has 1 aliphatic rings. The van der Waals surface area contributed by atoms with Crippen molar-refractivity contribution in [3.63, 3.8) is 0 Å². The Morgan fingerprint density at radius 2 is 1.89 bits per heavy atom. The molecule has 1 aliphatic heterocycles. The minimum absolute atomic E-state index is 0.166. The molecule has 19 heavy (non-hydrogen) atoms. The predicted molar refractivity (Wildman–Crippen MR) is 76.0 cm³/mol. The summed E-state index contributed by atoms with van der Waals surface area (Å²) < 4.78 is 5.45. The van der Waals surface area contributed by atoms with Crippen LogP contribution in [0.2, 0.25) is 0 Å². The minimum Gasteiger partial charge on any atom is -0.444 e. The first kappa shape index (κ1) is 16.3. The van der Waals surface area contributed by atoms with Crippen LogP contribution in [-0.2, 0) is 4.74 Å². The van der Waals surface area contributed by atoms with Gasteiger partial charge in [0.2, 0.25) is 0 Å². The summed E-state index contributed by atoms with van der Waals surface area (Å²) in [5, 5.41) is 10.3. The SMILES string of the molecule is CCC1CCN(C(=O)OC(C)(C)C)C(C(C)(C)O)C1. The van der Waals surface area contributed by atoms with E-state index in [9.17, 15) is 9.90 Å². The van der Waals surface area contributed by atoms with Crippen molar-refractivity contribution in [1.29, 1.82) is 0 Å². The Kier molecular flexibility index (Phi) is 4.88. The molecule has 0 radical (unpaired) electrons. The maximum Gasteiger partial charge on any atom is 0.410 e. The van der Waals surface area contributed by atoms with Gasteiger partial charge in [-0.3, -0.25) is 0 Å². The quantitative estimate of drug-likeness (QED) is 0.839. The third-order valence-electron chi connectivity index (χ3n) is 3.73. The van der Waals surface area contributed by atoms with Gasteiger partial charge in [-0.25, -0.2) is 4.79 Å². The topological polar surface area (TPSA) is 49.8 Å². The van der Waals surface area contributed by atoms with E-state index < -0.39 is 11.2 Å². The molecule has 1 saturated heterocycles. The average molecular weight is 271 g/mol. The molecule has 1 amide bonds. The monoisotopic (exact) mass is 271 g/mol. The lowest BCUT2D eigenvalue weighted by Crippen LogP contribution is -2.56. The van der Waals surface area contributed by atoms with Crippen molar-refractivity contribution < 1.29 is 14.6 Å². The molecule has 0 spiro atoms. The van der Waals surface area contributed by atoms with E-state index in [1.54, 1.807) is 18.7 Å². The lowest BCUT2D eigenvalue weighted by atomic mass is 9.82. The molecule has 4 heteroatoms. The second kappa shape index (κ2) is 5.70. The standard InChI is InChI=1S/C15H29NO3/c1-7-11-8-9-16(12(10-11)15(5,6)18)13(17)19-14(2,3)4/h11-12,18H,7-10H2,1-6H3. The first-order valence-corrected chi connectivity index (χ1v) is 7.26. The van der Waals surface area contributed by atoms with Crippen LogP contribution in [0.15, 0.2) is 0 Å². The number of piperidine rings is 1. The van der Waals surface area contributed by atoms with E-state index in [1.807, 2.05) is 20.8 Å². The van der Waals surface area contributed by atoms with Crippen molar-refractivity contribution in [1.82, 2.24) is 4.90 Å². The number of hydrogen-bond acceptors (Lipinski definition) is 3. The molecule has 1 fully saturated rings. The summed E-state index contributed by atoms with van der Waals surface area (Å²) in [5.74, 6) is 0.579. The van der Waals surface area contributed by atoms with Crippen LogP contribution in [0, 0.1) is 5.92 Å². The molecule has 0 bridgehead atoms. The fourth-order valence-corrected chi connectivity index (χ4v) is 2.62. The highest BCUT2D eigenvalue weighted by atomic mass is 16.6. The molecule has 1 rings (SSSR count). The Hall–Kier alpha value is -0.770. The van der Waals surface area contributed by atoms with Gasteiger partial charge in [-0.1, -0.05) is 13.3 Å². The zero-order valence-corrected chi connectivity index (χ0v) is 13.2. The van der Waals surface area contributed by atoms with Gasteiger partial charge in [0.15, 0.2) is 0 Å². The molecule has 0 aromatic rings. The first-order chi connectivity index (χ1) is 8.54. The summed E-state index contributed by atoms with van der Waals surface area (Å²) in [6.07, 6.45) is 2.62. The van der Waals surface area contributed by atoms with Crippen molar-refractivity contribution in [3.8, 4) is 0 Å². The Balaban J connectivity index is 2.82. The smallest absolute Gasteiger partial charge is 0.410 e. The zero-order valence-electron chi connectivity index (χ0n) is 13.2. The zero-order chi connectivity index (χ0) is 14.8. The number of nitrogens with zero attached hydrogens (tertiary/aromatic N) is 1. The third-order valence-corrected chi connectivity index (χ3v) is 3.73. The molecule has 0 aliphatic carbocycles. The van der Waals surface area contributed by atoms with E-state index >= 15 is 0 Å². The molecule has 1 N–H and O–H groups in total. The number of hydrogen-bond donors (Lipinski definition) is 1. The van der Waals surface area contributed by atoms with Crippen LogP contribution in [0.25, 0.3) is 0 Å². The van der Waals surface area contributed by atoms with Gasteiger partial charge in [-0.15, -0.1) is 0 Å². The third kappa shape index (κ3) is 4.68. The summed E-state index contributed by atoms with van der Waals surface area (Å²) in [6, 6.07) is -0.166. The summed E-state index contributed by atoms with van der Waals surface area (Å²) in [4.78, 5) is 14.0. The number of aliphatic hydroxyl groups is 1. The van der Waals surface area contributed by atoms with Crippen molar-refractivity contribution >= 4 is 6.09 Å². The number of likely N-dealkylation sites (tertiary alicyclic amines) is 1. The largest absolute Gasteiger partial charge is 0.444 e. The fourth-order valence-electron chi connectivity index (χ4n) is 2.62. The van der Waals surface area contributed by atoms with Crippen LogP contribution in [0.5, 0.6) is 0 Å². The summed E-state index contributed by atoms with van der Waals surface area (Å²) in [7, 11) is 0. The van der Waals surface area contributed by atoms with E-state index in [4.69, 9.17) is 4.74 Å². The molecule has 0 aromatic heterocycles. The lowest BCUT2D eigenvalue weighted by Gasteiger charge is -2.45. The van der Waals surface area contributed by atoms with Crippen molar-refractivity contribution in [2.24, 2.45) is 5.92 Å². The number of amides is 1. The second-order valence-electron chi connectivity index (χ2n) is 7.14. The molecule has 2 unspecified atom stereocenters. The van der Waals surface area contributed by atoms with E-state index in [-0.39, 0.29) is 12.1 Å². The highest BCUT2D eigenvalue weighted by Gasteiger charge is 2.41. The minimum atomic E-state index is -0.898. The number of rotatable bonds is 2. The van der Waals surface area contributed by atoms with Gasteiger partial charge in [0.1, 0.15) is 5.60 Å². The highest BCUT2D eigenvalue weighted by Crippen LogP contribution is 2.32. The van der Waals surface area contributed by atoms with E-state index in [2.05, 4.69) is 6.92 Å². The van der Waals surface area contributed by atoms with Crippen molar-refractivity contribution in [2.45, 2.75) is 78.0 Å². The molecular weight excluding hydrogens is 242 g/mol. The van der Waals surface area contributed by atoms with Gasteiger partial charge in [0.25, 0.3) is 0 Å². The molecule has 112 valence electrons. The van der Waals surface area contributed by atoms with Crippen molar-refractivity contribution in [3.05, 3.63) is 0 Å². The van der Waals surface area contributed by atoms with E-state index in [0.29, 0.717) is 12.5 Å². The van der Waals surface area contributed by atoms with Crippen LogP contribution in [0.3, 0.4) is 0 Å². The van der Waals surface area contributed by atoms with Crippen LogP contribution in [-0.4, -0.2) is 39.9 Å². The Bertz CT molecular complexity index is 314. The highest BCUT2D eigenvalue weighted by molar-refractivity contribution is 5.69. The van der Waals surface area contributed by atoms with Gasteiger partial charge in [0.05, 0.1) is 11.6 Å². The summed E-state index contributed by atoms with van der Waals surface area (Å²) in [5.41, 5.74) is -1.40. The number of ether oxygens (including phenoxy) is 1. The van der Waals surface area contributed by atoms with E-state index in [1.165, 1.54) is 0 Å². The van der Waals surface area contributed by atoms with Crippen LogP contribution in [0.1, 0.15) is 60.8 Å². The van der Waals surface area contributed by atoms with Crippen LogP contribution < -0.4 is 0 Å². The van der Waals surface area contributed by atoms with Crippen molar-refractivity contribution in [2.75, 3.05) is 6.54 Å². The molecule has 4 nitrogen and oxygen atoms in total. The maximum atomic E-state index is 12.3. The van der Waals surface area contributed by atoms with E-state index in [0.717, 1.165) is 19.3 Å². The summed E-state index contributed by atoms with van der Waals surface area (Å²) >= 11 is 0. The Morgan fingerprint density at radius 3 is 2.32 bits per heavy atom. The molecule has 1 heterocycles. The van der Waals surface area contributed by atoms with Gasteiger partial charge < -0.3 is 14.7 Å². The van der Waals surface area contributed by atoms with Gasteiger partial charge in [0, 0.05) is 6.54 Å². The summed E-state index contributed by atoms with van der Waals surface area (Å²) in [6.45, 7) is 12.0. The maximum absolute atomic E-state index is 12.3. The van der Waals surface area contributed by atoms with Crippen LogP contribution >= 0.6 is 0 Å². The molecule has 0 saturated carbocycles. The lowest BCUT2D eigenvalue weighted by molar-refractivity contribution is -0.0586. The Morgan fingerprint density at radius 1 is 1.32 bits per heavy atom. The van der Waals surface area contributed by atoms with Crippen LogP contribution in [0.4, 0.5) is 4.79 Å². The second-order valence-corrected chi connectivity index (χ2v) is 7.14. The molecule has 2 atom stereocenters. The molecular formula is C15H29NO3. The number of carbonyl (C=O) groups excluding carboxylic acids is 1. The normalized spacial score (nSPS) is 25.3. The first-order valence-electron chi connectivity index (χ1n) is 7.26. The predicted octanol–water partition coefficient (Wildman–Crippen LogP) is 3.18. The number of carbonyl (C=O) groups is 1.